The van der Waals surface area contributed by atoms with E-state index < -0.39 is 17.6 Å². The zero-order valence-electron chi connectivity index (χ0n) is 23.4. The van der Waals surface area contributed by atoms with E-state index in [0.29, 0.717) is 50.6 Å². The van der Waals surface area contributed by atoms with Gasteiger partial charge in [-0.3, -0.25) is 9.59 Å². The van der Waals surface area contributed by atoms with Gasteiger partial charge in [-0.2, -0.15) is 13.2 Å². The molecule has 0 aliphatic heterocycles. The van der Waals surface area contributed by atoms with Gasteiger partial charge in [-0.05, 0) is 73.2 Å². The van der Waals surface area contributed by atoms with E-state index in [1.54, 1.807) is 19.1 Å². The first-order valence-corrected chi connectivity index (χ1v) is 14.1. The van der Waals surface area contributed by atoms with Gasteiger partial charge in [0.15, 0.2) is 11.5 Å². The summed E-state index contributed by atoms with van der Waals surface area (Å²) >= 11 is 1.53. The lowest BCUT2D eigenvalue weighted by Crippen LogP contribution is -2.44. The minimum atomic E-state index is -4.51. The van der Waals surface area contributed by atoms with Crippen LogP contribution in [-0.4, -0.2) is 68.7 Å². The summed E-state index contributed by atoms with van der Waals surface area (Å²) in [4.78, 5) is 31.1. The lowest BCUT2D eigenvalue weighted by Gasteiger charge is -2.28. The van der Waals surface area contributed by atoms with Crippen LogP contribution in [0.4, 0.5) is 13.2 Å². The van der Waals surface area contributed by atoms with Crippen molar-refractivity contribution in [3.8, 4) is 11.5 Å². The summed E-state index contributed by atoms with van der Waals surface area (Å²) < 4.78 is 55.2. The normalized spacial score (nSPS) is 11.3. The molecular formula is C30H35F3N2O5S. The molecule has 0 radical (unpaired) electrons. The number of hydrogen-bond acceptors (Lipinski definition) is 6. The fourth-order valence-electron chi connectivity index (χ4n) is 4.18. The van der Waals surface area contributed by atoms with Gasteiger partial charge in [-0.1, -0.05) is 12.1 Å². The molecular weight excluding hydrogens is 557 g/mol. The van der Waals surface area contributed by atoms with Gasteiger partial charge < -0.3 is 24.0 Å². The first-order chi connectivity index (χ1) is 19.7. The van der Waals surface area contributed by atoms with Gasteiger partial charge in [0.2, 0.25) is 5.91 Å². The van der Waals surface area contributed by atoms with Crippen molar-refractivity contribution in [3.63, 3.8) is 0 Å². The minimum absolute atomic E-state index is 0.0809. The van der Waals surface area contributed by atoms with Crippen molar-refractivity contribution in [3.05, 3.63) is 81.5 Å². The van der Waals surface area contributed by atoms with E-state index in [9.17, 15) is 22.8 Å². The van der Waals surface area contributed by atoms with Crippen molar-refractivity contribution < 1.29 is 37.0 Å². The van der Waals surface area contributed by atoms with Crippen LogP contribution in [0.3, 0.4) is 0 Å². The Balaban J connectivity index is 1.79. The predicted molar refractivity (Wildman–Crippen MR) is 151 cm³/mol. The van der Waals surface area contributed by atoms with Crippen LogP contribution < -0.4 is 9.47 Å². The van der Waals surface area contributed by atoms with Crippen molar-refractivity contribution in [2.75, 3.05) is 47.1 Å². The molecule has 2 amide bonds. The molecule has 3 rings (SSSR count). The topological polar surface area (TPSA) is 68.3 Å². The molecule has 0 aliphatic carbocycles. The van der Waals surface area contributed by atoms with E-state index in [1.165, 1.54) is 16.2 Å². The average Bonchev–Trinajstić information content (AvgIpc) is 3.49. The van der Waals surface area contributed by atoms with Crippen LogP contribution in [0.15, 0.2) is 60.0 Å². The Morgan fingerprint density at radius 1 is 0.927 bits per heavy atom. The molecule has 0 N–H and O–H groups in total. The smallest absolute Gasteiger partial charge is 0.416 e. The first-order valence-electron chi connectivity index (χ1n) is 13.2. The van der Waals surface area contributed by atoms with Crippen molar-refractivity contribution >= 4 is 23.2 Å². The Morgan fingerprint density at radius 3 is 2.27 bits per heavy atom. The van der Waals surface area contributed by atoms with E-state index in [0.717, 1.165) is 34.7 Å². The molecule has 11 heteroatoms. The van der Waals surface area contributed by atoms with Crippen LogP contribution in [0.5, 0.6) is 11.5 Å². The molecule has 0 aliphatic rings. The van der Waals surface area contributed by atoms with E-state index in [2.05, 4.69) is 0 Å². The zero-order valence-corrected chi connectivity index (χ0v) is 24.2. The summed E-state index contributed by atoms with van der Waals surface area (Å²) in [5, 5.41) is 1.93. The minimum Gasteiger partial charge on any atom is -0.493 e. The third kappa shape index (κ3) is 9.50. The molecule has 41 heavy (non-hydrogen) atoms. The highest BCUT2D eigenvalue weighted by atomic mass is 32.1. The number of carbonyl (C=O) groups is 2. The third-order valence-corrected chi connectivity index (χ3v) is 7.25. The molecule has 0 saturated heterocycles. The summed E-state index contributed by atoms with van der Waals surface area (Å²) in [5.41, 5.74) is 0.184. The first kappa shape index (κ1) is 32.0. The molecule has 222 valence electrons. The monoisotopic (exact) mass is 592 g/mol. The maximum atomic E-state index is 13.6. The molecule has 2 aromatic carbocycles. The van der Waals surface area contributed by atoms with Crippen molar-refractivity contribution in [2.45, 2.75) is 32.5 Å². The third-order valence-electron chi connectivity index (χ3n) is 6.39. The van der Waals surface area contributed by atoms with Gasteiger partial charge >= 0.3 is 6.18 Å². The fourth-order valence-corrected chi connectivity index (χ4v) is 4.90. The molecule has 7 nitrogen and oxygen atoms in total. The lowest BCUT2D eigenvalue weighted by molar-refractivity contribution is -0.137. The van der Waals surface area contributed by atoms with Crippen LogP contribution in [0.25, 0.3) is 0 Å². The summed E-state index contributed by atoms with van der Waals surface area (Å²) in [5.74, 6) is 0.408. The Hall–Kier alpha value is -3.57. The van der Waals surface area contributed by atoms with Gasteiger partial charge in [0.1, 0.15) is 6.54 Å². The highest BCUT2D eigenvalue weighted by Crippen LogP contribution is 2.30. The molecule has 0 fully saturated rings. The average molecular weight is 593 g/mol. The second-order valence-corrected chi connectivity index (χ2v) is 10.2. The number of carbonyl (C=O) groups excluding carboxylic acids is 2. The SMILES string of the molecule is CCOCCCN(CC(=O)N(CCc1ccc(OC)c(OC)c1)Cc1cccs1)C(=O)c1ccc(C(F)(F)F)cc1. The summed E-state index contributed by atoms with van der Waals surface area (Å²) in [6.07, 6.45) is -3.50. The molecule has 3 aromatic rings. The molecule has 1 aromatic heterocycles. The predicted octanol–water partition coefficient (Wildman–Crippen LogP) is 5.92. The number of ether oxygens (including phenoxy) is 3. The van der Waals surface area contributed by atoms with Gasteiger partial charge in [0.25, 0.3) is 5.91 Å². The highest BCUT2D eigenvalue weighted by molar-refractivity contribution is 7.09. The highest BCUT2D eigenvalue weighted by Gasteiger charge is 2.31. The number of benzene rings is 2. The fraction of sp³-hybridized carbons (Fsp3) is 0.400. The maximum absolute atomic E-state index is 13.6. The lowest BCUT2D eigenvalue weighted by atomic mass is 10.1. The summed E-state index contributed by atoms with van der Waals surface area (Å²) in [6.45, 7) is 3.50. The van der Waals surface area contributed by atoms with E-state index in [1.807, 2.05) is 42.6 Å². The zero-order chi connectivity index (χ0) is 29.8. The van der Waals surface area contributed by atoms with E-state index in [-0.39, 0.29) is 24.6 Å². The van der Waals surface area contributed by atoms with Crippen LogP contribution in [0.2, 0.25) is 0 Å². The van der Waals surface area contributed by atoms with Gasteiger partial charge in [0, 0.05) is 36.7 Å². The number of methoxy groups -OCH3 is 2. The summed E-state index contributed by atoms with van der Waals surface area (Å²) in [7, 11) is 3.12. The Kier molecular flexibility index (Phi) is 12.0. The Bertz CT molecular complexity index is 1250. The number of thiophene rings is 1. The number of nitrogens with zero attached hydrogens (tertiary/aromatic N) is 2. The molecule has 0 unspecified atom stereocenters. The number of halogens is 3. The number of alkyl halides is 3. The number of hydrogen-bond donors (Lipinski definition) is 0. The summed E-state index contributed by atoms with van der Waals surface area (Å²) in [6, 6.07) is 13.5. The van der Waals surface area contributed by atoms with Gasteiger partial charge in [0.05, 0.1) is 26.3 Å². The standard InChI is InChI=1S/C30H35F3N2O5S/c1-4-40-17-6-15-35(29(37)23-9-11-24(12-10-23)30(31,32)33)21-28(36)34(20-25-7-5-18-41-25)16-14-22-8-13-26(38-2)27(19-22)39-3/h5,7-13,18-19H,4,6,14-17,20-21H2,1-3H3. The largest absolute Gasteiger partial charge is 0.493 e. The molecule has 0 spiro atoms. The van der Waals surface area contributed by atoms with Crippen LogP contribution in [0, 0.1) is 0 Å². The molecule has 0 atom stereocenters. The quantitative estimate of drug-likeness (QED) is 0.205. The number of rotatable bonds is 15. The van der Waals surface area contributed by atoms with Crippen LogP contribution >= 0.6 is 11.3 Å². The van der Waals surface area contributed by atoms with Crippen LogP contribution in [0.1, 0.15) is 39.7 Å². The Labute approximate surface area is 242 Å². The number of amides is 2. The van der Waals surface area contributed by atoms with E-state index in [4.69, 9.17) is 14.2 Å². The second kappa shape index (κ2) is 15.4. The van der Waals surface area contributed by atoms with Crippen molar-refractivity contribution in [2.24, 2.45) is 0 Å². The Morgan fingerprint density at radius 2 is 1.66 bits per heavy atom. The second-order valence-electron chi connectivity index (χ2n) is 9.19. The molecule has 0 saturated carbocycles. The maximum Gasteiger partial charge on any atom is 0.416 e. The van der Waals surface area contributed by atoms with Crippen molar-refractivity contribution in [1.82, 2.24) is 9.80 Å². The van der Waals surface area contributed by atoms with Crippen molar-refractivity contribution in [1.29, 1.82) is 0 Å². The van der Waals surface area contributed by atoms with Crippen LogP contribution in [-0.2, 0) is 28.7 Å². The molecule has 1 heterocycles. The van der Waals surface area contributed by atoms with Gasteiger partial charge in [-0.25, -0.2) is 0 Å². The molecule has 0 bridgehead atoms. The van der Waals surface area contributed by atoms with E-state index >= 15 is 0 Å². The van der Waals surface area contributed by atoms with Gasteiger partial charge in [-0.15, -0.1) is 11.3 Å².